The van der Waals surface area contributed by atoms with Gasteiger partial charge in [0.05, 0.1) is 12.3 Å². The third-order valence-corrected chi connectivity index (χ3v) is 13.0. The molecule has 1 aromatic carbocycles. The maximum atomic E-state index is 13.9. The first kappa shape index (κ1) is 30.8. The summed E-state index contributed by atoms with van der Waals surface area (Å²) in [5, 5.41) is 7.99. The van der Waals surface area contributed by atoms with E-state index in [4.69, 9.17) is 9.47 Å². The van der Waals surface area contributed by atoms with Gasteiger partial charge in [-0.05, 0) is 79.9 Å². The van der Waals surface area contributed by atoms with E-state index in [1.165, 1.54) is 11.1 Å². The molecular weight excluding hydrogens is 607 g/mol. The van der Waals surface area contributed by atoms with Crippen LogP contribution in [-0.2, 0) is 34.3 Å². The van der Waals surface area contributed by atoms with Crippen LogP contribution < -0.4 is 10.1 Å². The number of sulfonamides is 1. The number of aromatic nitrogens is 4. The first-order valence-electron chi connectivity index (χ1n) is 16.3. The van der Waals surface area contributed by atoms with Crippen molar-refractivity contribution in [1.82, 2.24) is 29.0 Å². The molecule has 8 rings (SSSR count). The molecule has 3 aromatic rings. The van der Waals surface area contributed by atoms with Gasteiger partial charge in [-0.25, -0.2) is 18.1 Å². The van der Waals surface area contributed by atoms with Crippen molar-refractivity contribution in [2.45, 2.75) is 76.6 Å². The lowest BCUT2D eigenvalue weighted by Crippen LogP contribution is -2.59. The SMILES string of the molecule is Cc1cc2c(c3c1-c1ccnc(c1)OCCCN1CCC4(C1)CN(C4)S(=O)(=O)c1nc(n(COCC[Si](C)(C)C)n1)N3)CCC2. The van der Waals surface area contributed by atoms with Crippen molar-refractivity contribution >= 4 is 29.7 Å². The Kier molecular flexibility index (Phi) is 8.04. The van der Waals surface area contributed by atoms with Crippen molar-refractivity contribution in [3.63, 3.8) is 0 Å². The molecule has 2 saturated heterocycles. The van der Waals surface area contributed by atoms with Crippen molar-refractivity contribution in [2.24, 2.45) is 5.41 Å². The minimum atomic E-state index is -3.87. The van der Waals surface area contributed by atoms with Gasteiger partial charge in [0.1, 0.15) is 6.73 Å². The highest BCUT2D eigenvalue weighted by Crippen LogP contribution is 2.44. The quantitative estimate of drug-likeness (QED) is 0.311. The fourth-order valence-corrected chi connectivity index (χ4v) is 9.51. The van der Waals surface area contributed by atoms with Gasteiger partial charge in [0.15, 0.2) is 0 Å². The summed E-state index contributed by atoms with van der Waals surface area (Å²) < 4.78 is 43.2. The van der Waals surface area contributed by atoms with Crippen LogP contribution in [0, 0.1) is 12.3 Å². The molecule has 0 radical (unpaired) electrons. The lowest BCUT2D eigenvalue weighted by atomic mass is 9.81. The van der Waals surface area contributed by atoms with Crippen molar-refractivity contribution in [1.29, 1.82) is 0 Å². The predicted molar refractivity (Wildman–Crippen MR) is 176 cm³/mol. The molecule has 4 aliphatic heterocycles. The third kappa shape index (κ3) is 6.17. The highest BCUT2D eigenvalue weighted by atomic mass is 32.2. The average Bonchev–Trinajstić information content (AvgIpc) is 3.71. The molecule has 0 amide bonds. The minimum absolute atomic E-state index is 0.00659. The summed E-state index contributed by atoms with van der Waals surface area (Å²) in [7, 11) is -5.17. The molecule has 0 saturated carbocycles. The monoisotopic (exact) mass is 651 g/mol. The molecule has 7 bridgehead atoms. The van der Waals surface area contributed by atoms with Crippen LogP contribution in [0.15, 0.2) is 29.6 Å². The van der Waals surface area contributed by atoms with Crippen LogP contribution in [0.1, 0.15) is 36.0 Å². The second-order valence-electron chi connectivity index (χ2n) is 14.5. The third-order valence-electron chi connectivity index (χ3n) is 9.70. The number of ether oxygens (including phenoxy) is 2. The fourth-order valence-electron chi connectivity index (χ4n) is 7.23. The molecule has 5 aliphatic rings. The molecule has 242 valence electrons. The Morgan fingerprint density at radius 2 is 1.96 bits per heavy atom. The largest absolute Gasteiger partial charge is 0.478 e. The Morgan fingerprint density at radius 3 is 2.78 bits per heavy atom. The molecule has 1 aliphatic carbocycles. The number of nitrogens with zero attached hydrogens (tertiary/aromatic N) is 6. The van der Waals surface area contributed by atoms with E-state index in [2.05, 4.69) is 57.9 Å². The number of nitrogens with one attached hydrogen (secondary N) is 1. The first-order valence-corrected chi connectivity index (χ1v) is 21.4. The minimum Gasteiger partial charge on any atom is -0.478 e. The van der Waals surface area contributed by atoms with Crippen LogP contribution >= 0.6 is 0 Å². The van der Waals surface area contributed by atoms with Gasteiger partial charge in [0.2, 0.25) is 11.8 Å². The number of benzene rings is 1. The summed E-state index contributed by atoms with van der Waals surface area (Å²) in [6.45, 7) is 14.1. The molecule has 1 unspecified atom stereocenters. The summed E-state index contributed by atoms with van der Waals surface area (Å²) in [6.07, 6.45) is 6.68. The molecule has 1 N–H and O–H groups in total. The number of hydrogen-bond donors (Lipinski definition) is 1. The molecule has 13 heteroatoms. The van der Waals surface area contributed by atoms with Crippen LogP contribution in [0.4, 0.5) is 11.6 Å². The van der Waals surface area contributed by atoms with Crippen LogP contribution in [0.5, 0.6) is 5.88 Å². The molecule has 1 spiro atoms. The standard InChI is InChI=1S/C32H45N7O4SSi/c1-23-17-24-7-5-8-26(24)29-28(23)25-9-11-33-27(18-25)43-14-6-12-37-13-10-32(19-37)20-38(21-32)44(40,41)31-35-30(34-29)39(36-31)22-42-15-16-45(2,3)4/h9,11,17-18H,5-8,10,12-16,19-22H2,1-4H3,(H,34,35,36). The molecular formula is C32H45N7O4SSi. The number of rotatable bonds is 5. The van der Waals surface area contributed by atoms with Gasteiger partial charge in [0.25, 0.3) is 15.2 Å². The molecule has 1 atom stereocenters. The van der Waals surface area contributed by atoms with Crippen LogP contribution in [0.2, 0.25) is 25.7 Å². The van der Waals surface area contributed by atoms with Crippen LogP contribution in [-0.4, -0.2) is 91.4 Å². The lowest BCUT2D eigenvalue weighted by molar-refractivity contribution is 0.0748. The fraction of sp³-hybridized carbons (Fsp3) is 0.594. The van der Waals surface area contributed by atoms with Crippen molar-refractivity contribution in [3.8, 4) is 17.0 Å². The van der Waals surface area contributed by atoms with Gasteiger partial charge in [-0.3, -0.25) is 0 Å². The molecule has 45 heavy (non-hydrogen) atoms. The zero-order chi connectivity index (χ0) is 31.4. The Labute approximate surface area is 267 Å². The second-order valence-corrected chi connectivity index (χ2v) is 22.0. The van der Waals surface area contributed by atoms with E-state index in [9.17, 15) is 8.42 Å². The van der Waals surface area contributed by atoms with Gasteiger partial charge >= 0.3 is 0 Å². The highest BCUT2D eigenvalue weighted by Gasteiger charge is 2.52. The van der Waals surface area contributed by atoms with E-state index in [0.717, 1.165) is 80.2 Å². The van der Waals surface area contributed by atoms with Crippen LogP contribution in [0.25, 0.3) is 11.1 Å². The predicted octanol–water partition coefficient (Wildman–Crippen LogP) is 4.67. The number of pyridine rings is 1. The molecule has 11 nitrogen and oxygen atoms in total. The number of fused-ring (bicyclic) bond motifs is 4. The van der Waals surface area contributed by atoms with E-state index in [1.807, 2.05) is 12.1 Å². The van der Waals surface area contributed by atoms with Gasteiger partial charge in [-0.1, -0.05) is 25.7 Å². The molecule has 2 fully saturated rings. The van der Waals surface area contributed by atoms with E-state index in [-0.39, 0.29) is 17.3 Å². The van der Waals surface area contributed by atoms with E-state index < -0.39 is 18.1 Å². The smallest absolute Gasteiger partial charge is 0.284 e. The van der Waals surface area contributed by atoms with E-state index >= 15 is 0 Å². The van der Waals surface area contributed by atoms with E-state index in [0.29, 0.717) is 38.1 Å². The number of hydrogen-bond acceptors (Lipinski definition) is 9. The number of aryl methyl sites for hydroxylation is 2. The topological polar surface area (TPSA) is 115 Å². The maximum absolute atomic E-state index is 13.9. The Hall–Kier alpha value is -2.84. The average molecular weight is 652 g/mol. The van der Waals surface area contributed by atoms with Gasteiger partial charge in [-0.15, -0.1) is 5.10 Å². The Balaban J connectivity index is 1.31. The van der Waals surface area contributed by atoms with Crippen molar-refractivity contribution in [2.75, 3.05) is 51.3 Å². The summed E-state index contributed by atoms with van der Waals surface area (Å²) in [5.74, 6) is 0.976. The Morgan fingerprint density at radius 1 is 1.11 bits per heavy atom. The summed E-state index contributed by atoms with van der Waals surface area (Å²) in [6, 6.07) is 7.30. The maximum Gasteiger partial charge on any atom is 0.284 e. The van der Waals surface area contributed by atoms with Crippen molar-refractivity contribution < 1.29 is 17.9 Å². The summed E-state index contributed by atoms with van der Waals surface area (Å²) >= 11 is 0. The molecule has 6 heterocycles. The first-order chi connectivity index (χ1) is 21.5. The number of anilines is 2. The zero-order valence-electron chi connectivity index (χ0n) is 26.9. The lowest BCUT2D eigenvalue weighted by Gasteiger charge is -2.46. The van der Waals surface area contributed by atoms with Crippen molar-refractivity contribution in [3.05, 3.63) is 41.1 Å². The van der Waals surface area contributed by atoms with E-state index in [1.54, 1.807) is 15.2 Å². The Bertz CT molecular complexity index is 1700. The normalized spacial score (nSPS) is 25.5. The summed E-state index contributed by atoms with van der Waals surface area (Å²) in [5.41, 5.74) is 6.62. The summed E-state index contributed by atoms with van der Waals surface area (Å²) in [4.78, 5) is 11.6. The second kappa shape index (κ2) is 11.7. The molecule has 2 aromatic heterocycles. The van der Waals surface area contributed by atoms with Gasteiger partial charge in [-0.2, -0.15) is 9.29 Å². The highest BCUT2D eigenvalue weighted by molar-refractivity contribution is 7.89. The van der Waals surface area contributed by atoms with Crippen LogP contribution in [0.3, 0.4) is 0 Å². The zero-order valence-corrected chi connectivity index (χ0v) is 28.7. The van der Waals surface area contributed by atoms with Gasteiger partial charge in [0, 0.05) is 64.1 Å². The van der Waals surface area contributed by atoms with Gasteiger partial charge < -0.3 is 19.7 Å².